The number of rotatable bonds is 5. The summed E-state index contributed by atoms with van der Waals surface area (Å²) in [6.45, 7) is 3.32. The number of hydrogen-bond acceptors (Lipinski definition) is 4. The van der Waals surface area contributed by atoms with Crippen molar-refractivity contribution in [1.82, 2.24) is 0 Å². The van der Waals surface area contributed by atoms with Gasteiger partial charge in [-0.25, -0.2) is 4.79 Å². The normalized spacial score (nSPS) is 12.9. The summed E-state index contributed by atoms with van der Waals surface area (Å²) in [5.74, 6) is 1.09. The maximum Gasteiger partial charge on any atom is 0.342 e. The Morgan fingerprint density at radius 2 is 1.91 bits per heavy atom. The monoisotopic (exact) mass is 310 g/mol. The Hall–Kier alpha value is -3.01. The number of furan rings is 1. The first kappa shape index (κ1) is 16.4. The zero-order chi connectivity index (χ0) is 16.7. The molecule has 0 aliphatic heterocycles. The number of aromatic hydroxyl groups is 1. The lowest BCUT2D eigenvalue weighted by atomic mass is 10.1. The predicted molar refractivity (Wildman–Crippen MR) is 91.1 cm³/mol. The van der Waals surface area contributed by atoms with Gasteiger partial charge in [-0.05, 0) is 37.6 Å². The molecule has 118 valence electrons. The molecule has 0 aromatic carbocycles. The van der Waals surface area contributed by atoms with E-state index in [2.05, 4.69) is 0 Å². The smallest absolute Gasteiger partial charge is 0.342 e. The van der Waals surface area contributed by atoms with Gasteiger partial charge in [0.05, 0.1) is 11.8 Å². The molecule has 2 rings (SSSR count). The van der Waals surface area contributed by atoms with E-state index in [1.807, 2.05) is 48.6 Å². The van der Waals surface area contributed by atoms with Gasteiger partial charge < -0.3 is 13.9 Å². The van der Waals surface area contributed by atoms with Gasteiger partial charge in [-0.15, -0.1) is 0 Å². The minimum absolute atomic E-state index is 0.0593. The Bertz CT molecular complexity index is 816. The first-order valence-electron chi connectivity index (χ1n) is 7.14. The SMILES string of the molecule is C\C(=C/C=C/C=C/C=C/c1ccco1)c1cc(O)c(C)c(=O)o1. The average Bonchev–Trinajstić information content (AvgIpc) is 3.04. The van der Waals surface area contributed by atoms with Crippen LogP contribution in [0.1, 0.15) is 24.0 Å². The fourth-order valence-electron chi connectivity index (χ4n) is 1.75. The Balaban J connectivity index is 1.98. The summed E-state index contributed by atoms with van der Waals surface area (Å²) >= 11 is 0. The van der Waals surface area contributed by atoms with Crippen molar-refractivity contribution < 1.29 is 13.9 Å². The first-order chi connectivity index (χ1) is 11.1. The largest absolute Gasteiger partial charge is 0.507 e. The fraction of sp³-hybridized carbons (Fsp3) is 0.105. The molecule has 2 heterocycles. The minimum atomic E-state index is -0.528. The molecule has 0 radical (unpaired) electrons. The summed E-state index contributed by atoms with van der Waals surface area (Å²) in [6, 6.07) is 5.15. The molecule has 2 aromatic heterocycles. The van der Waals surface area contributed by atoms with E-state index in [9.17, 15) is 9.90 Å². The molecule has 4 nitrogen and oxygen atoms in total. The molecule has 0 unspecified atom stereocenters. The molecule has 0 aliphatic rings. The summed E-state index contributed by atoms with van der Waals surface area (Å²) in [5, 5.41) is 9.65. The molecule has 0 saturated carbocycles. The zero-order valence-electron chi connectivity index (χ0n) is 13.0. The van der Waals surface area contributed by atoms with Crippen molar-refractivity contribution in [2.45, 2.75) is 13.8 Å². The number of allylic oxidation sites excluding steroid dienone is 7. The van der Waals surface area contributed by atoms with Crippen LogP contribution in [-0.2, 0) is 0 Å². The molecule has 0 atom stereocenters. The van der Waals surface area contributed by atoms with E-state index in [4.69, 9.17) is 8.83 Å². The molecule has 0 saturated heterocycles. The Labute approximate surface area is 134 Å². The highest BCUT2D eigenvalue weighted by atomic mass is 16.4. The van der Waals surface area contributed by atoms with E-state index >= 15 is 0 Å². The highest BCUT2D eigenvalue weighted by Gasteiger charge is 2.07. The second-order valence-corrected chi connectivity index (χ2v) is 4.90. The van der Waals surface area contributed by atoms with Crippen molar-refractivity contribution in [2.24, 2.45) is 0 Å². The van der Waals surface area contributed by atoms with Crippen LogP contribution in [0.3, 0.4) is 0 Å². The molecule has 0 spiro atoms. The molecule has 23 heavy (non-hydrogen) atoms. The van der Waals surface area contributed by atoms with Gasteiger partial charge in [0, 0.05) is 6.07 Å². The summed E-state index contributed by atoms with van der Waals surface area (Å²) in [5.41, 5.74) is 0.427. The van der Waals surface area contributed by atoms with Crippen molar-refractivity contribution in [3.63, 3.8) is 0 Å². The quantitative estimate of drug-likeness (QED) is 0.827. The maximum atomic E-state index is 11.5. The van der Waals surface area contributed by atoms with Gasteiger partial charge in [0.1, 0.15) is 17.3 Å². The van der Waals surface area contributed by atoms with E-state index in [0.29, 0.717) is 5.76 Å². The topological polar surface area (TPSA) is 63.6 Å². The number of hydrogen-bond donors (Lipinski definition) is 1. The van der Waals surface area contributed by atoms with Gasteiger partial charge in [0.15, 0.2) is 0 Å². The average molecular weight is 310 g/mol. The van der Waals surface area contributed by atoms with Gasteiger partial charge in [-0.1, -0.05) is 36.5 Å². The second kappa shape index (κ2) is 7.84. The molecular weight excluding hydrogens is 292 g/mol. The third-order valence-electron chi connectivity index (χ3n) is 3.14. The minimum Gasteiger partial charge on any atom is -0.507 e. The van der Waals surface area contributed by atoms with Gasteiger partial charge in [0.25, 0.3) is 0 Å². The summed E-state index contributed by atoms with van der Waals surface area (Å²) in [7, 11) is 0. The molecule has 1 N–H and O–H groups in total. The molecule has 0 bridgehead atoms. The van der Waals surface area contributed by atoms with Crippen molar-refractivity contribution in [3.8, 4) is 5.75 Å². The van der Waals surface area contributed by atoms with Crippen LogP contribution in [0.5, 0.6) is 5.75 Å². The molecule has 0 amide bonds. The van der Waals surface area contributed by atoms with Gasteiger partial charge in [-0.2, -0.15) is 0 Å². The first-order valence-corrected chi connectivity index (χ1v) is 7.14. The van der Waals surface area contributed by atoms with Gasteiger partial charge in [-0.3, -0.25) is 0 Å². The van der Waals surface area contributed by atoms with E-state index in [1.165, 1.54) is 13.0 Å². The van der Waals surface area contributed by atoms with Crippen LogP contribution in [0.15, 0.2) is 74.5 Å². The summed E-state index contributed by atoms with van der Waals surface area (Å²) in [6.07, 6.45) is 14.6. The van der Waals surface area contributed by atoms with Crippen LogP contribution in [0.2, 0.25) is 0 Å². The molecule has 2 aromatic rings. The van der Waals surface area contributed by atoms with Crippen molar-refractivity contribution in [3.05, 3.63) is 88.4 Å². The second-order valence-electron chi connectivity index (χ2n) is 4.90. The van der Waals surface area contributed by atoms with Crippen LogP contribution in [0, 0.1) is 6.92 Å². The van der Waals surface area contributed by atoms with Gasteiger partial charge in [0.2, 0.25) is 0 Å². The van der Waals surface area contributed by atoms with Crippen molar-refractivity contribution >= 4 is 11.6 Å². The Morgan fingerprint density at radius 3 is 2.61 bits per heavy atom. The van der Waals surface area contributed by atoms with Crippen LogP contribution >= 0.6 is 0 Å². The van der Waals surface area contributed by atoms with E-state index in [0.717, 1.165) is 11.3 Å². The lowest BCUT2D eigenvalue weighted by molar-refractivity contribution is 0.435. The predicted octanol–water partition coefficient (Wildman–Crippen LogP) is 4.48. The van der Waals surface area contributed by atoms with Crippen LogP contribution in [0.25, 0.3) is 11.6 Å². The van der Waals surface area contributed by atoms with Crippen LogP contribution in [0.4, 0.5) is 0 Å². The van der Waals surface area contributed by atoms with Crippen molar-refractivity contribution in [2.75, 3.05) is 0 Å². The highest BCUT2D eigenvalue weighted by Crippen LogP contribution is 2.19. The van der Waals surface area contributed by atoms with E-state index in [-0.39, 0.29) is 11.3 Å². The third kappa shape index (κ3) is 4.74. The van der Waals surface area contributed by atoms with Crippen LogP contribution in [-0.4, -0.2) is 5.11 Å². The molecule has 0 fully saturated rings. The van der Waals surface area contributed by atoms with Gasteiger partial charge >= 0.3 is 5.63 Å². The highest BCUT2D eigenvalue weighted by molar-refractivity contribution is 5.62. The molecular formula is C19H18O4. The fourth-order valence-corrected chi connectivity index (χ4v) is 1.75. The maximum absolute atomic E-state index is 11.5. The summed E-state index contributed by atoms with van der Waals surface area (Å²) in [4.78, 5) is 11.5. The molecule has 0 aliphatic carbocycles. The van der Waals surface area contributed by atoms with E-state index in [1.54, 1.807) is 19.3 Å². The Morgan fingerprint density at radius 1 is 1.17 bits per heavy atom. The van der Waals surface area contributed by atoms with Crippen molar-refractivity contribution in [1.29, 1.82) is 0 Å². The molecule has 4 heteroatoms. The third-order valence-corrected chi connectivity index (χ3v) is 3.14. The summed E-state index contributed by atoms with van der Waals surface area (Å²) < 4.78 is 10.3. The van der Waals surface area contributed by atoms with E-state index < -0.39 is 5.63 Å². The Kier molecular flexibility index (Phi) is 5.58. The van der Waals surface area contributed by atoms with Crippen LogP contribution < -0.4 is 5.63 Å². The standard InChI is InChI=1S/C19H18O4/c1-14(18-13-17(20)15(2)19(21)23-18)9-6-4-3-5-7-10-16-11-8-12-22-16/h3-13,20H,1-2H3/b5-3+,6-4+,10-7+,14-9+. The lowest BCUT2D eigenvalue weighted by Gasteiger charge is -2.01. The zero-order valence-corrected chi connectivity index (χ0v) is 13.0. The lowest BCUT2D eigenvalue weighted by Crippen LogP contribution is -2.04.